The lowest BCUT2D eigenvalue weighted by molar-refractivity contribution is -0.126. The summed E-state index contributed by atoms with van der Waals surface area (Å²) >= 11 is 13.4. The van der Waals surface area contributed by atoms with E-state index < -0.39 is 5.41 Å². The average Bonchev–Trinajstić information content (AvgIpc) is 3.17. The monoisotopic (exact) mass is 370 g/mol. The van der Waals surface area contributed by atoms with E-state index >= 15 is 0 Å². The molecule has 0 unspecified atom stereocenters. The van der Waals surface area contributed by atoms with E-state index in [4.69, 9.17) is 28.9 Å². The summed E-state index contributed by atoms with van der Waals surface area (Å²) in [4.78, 5) is 12.9. The van der Waals surface area contributed by atoms with Crippen LogP contribution >= 0.6 is 34.5 Å². The van der Waals surface area contributed by atoms with Crippen LogP contribution in [0.3, 0.4) is 0 Å². The molecule has 1 saturated carbocycles. The van der Waals surface area contributed by atoms with Gasteiger partial charge in [-0.05, 0) is 30.5 Å². The number of nitrogen functional groups attached to an aromatic ring is 1. The second-order valence-corrected chi connectivity index (χ2v) is 7.54. The number of anilines is 1. The Morgan fingerprint density at radius 1 is 1.26 bits per heavy atom. The lowest BCUT2D eigenvalue weighted by Crippen LogP contribution is -2.42. The molecule has 8 heteroatoms. The van der Waals surface area contributed by atoms with Crippen LogP contribution in [0.4, 0.5) is 5.13 Å². The van der Waals surface area contributed by atoms with E-state index in [-0.39, 0.29) is 5.91 Å². The van der Waals surface area contributed by atoms with Crippen LogP contribution in [0, 0.1) is 0 Å². The Hall–Kier alpha value is -1.37. The molecule has 2 aromatic rings. The molecule has 122 valence electrons. The van der Waals surface area contributed by atoms with Gasteiger partial charge in [0, 0.05) is 0 Å². The van der Waals surface area contributed by atoms with Crippen LogP contribution in [0.15, 0.2) is 18.2 Å². The van der Waals surface area contributed by atoms with Crippen LogP contribution in [0.2, 0.25) is 10.0 Å². The number of aromatic nitrogens is 2. The van der Waals surface area contributed by atoms with E-state index in [9.17, 15) is 4.79 Å². The summed E-state index contributed by atoms with van der Waals surface area (Å²) in [7, 11) is 0. The first-order valence-corrected chi connectivity index (χ1v) is 8.90. The quantitative estimate of drug-likeness (QED) is 0.861. The molecule has 0 aliphatic heterocycles. The Kier molecular flexibility index (Phi) is 4.75. The van der Waals surface area contributed by atoms with Gasteiger partial charge >= 0.3 is 0 Å². The molecule has 3 rings (SSSR count). The second kappa shape index (κ2) is 6.63. The minimum absolute atomic E-state index is 0.0119. The standard InChI is InChI=1S/C15H16Cl2N4OS/c16-10-4-3-9(7-11(10)17)15(5-1-2-6-15)13(22)19-8-12-20-21-14(18)23-12/h3-4,7H,1-2,5-6,8H2,(H2,18,21)(H,19,22). The second-order valence-electron chi connectivity index (χ2n) is 5.63. The van der Waals surface area contributed by atoms with E-state index in [0.717, 1.165) is 31.2 Å². The minimum Gasteiger partial charge on any atom is -0.374 e. The van der Waals surface area contributed by atoms with Gasteiger partial charge in [-0.1, -0.05) is 53.4 Å². The van der Waals surface area contributed by atoms with Gasteiger partial charge in [0.2, 0.25) is 11.0 Å². The Labute approximate surface area is 148 Å². The van der Waals surface area contributed by atoms with Crippen molar-refractivity contribution in [2.75, 3.05) is 5.73 Å². The molecule has 1 aliphatic rings. The number of hydrogen-bond donors (Lipinski definition) is 2. The Balaban J connectivity index is 1.82. The zero-order chi connectivity index (χ0) is 16.4. The maximum Gasteiger partial charge on any atom is 0.231 e. The van der Waals surface area contributed by atoms with Crippen molar-refractivity contribution in [3.05, 3.63) is 38.8 Å². The molecule has 1 aromatic carbocycles. The normalized spacial score (nSPS) is 16.4. The first kappa shape index (κ1) is 16.5. The Morgan fingerprint density at radius 2 is 2.00 bits per heavy atom. The largest absolute Gasteiger partial charge is 0.374 e. The van der Waals surface area contributed by atoms with Gasteiger partial charge in [-0.15, -0.1) is 10.2 Å². The van der Waals surface area contributed by atoms with E-state index in [0.29, 0.717) is 26.7 Å². The fourth-order valence-electron chi connectivity index (χ4n) is 3.08. The van der Waals surface area contributed by atoms with Crippen molar-refractivity contribution >= 4 is 45.6 Å². The van der Waals surface area contributed by atoms with Gasteiger partial charge in [0.15, 0.2) is 0 Å². The van der Waals surface area contributed by atoms with Crippen LogP contribution in [-0.4, -0.2) is 16.1 Å². The Bertz CT molecular complexity index is 728. The lowest BCUT2D eigenvalue weighted by Gasteiger charge is -2.28. The maximum absolute atomic E-state index is 12.9. The molecule has 3 N–H and O–H groups in total. The zero-order valence-electron chi connectivity index (χ0n) is 12.3. The first-order valence-electron chi connectivity index (χ1n) is 7.33. The molecule has 1 aliphatic carbocycles. The molecule has 1 heterocycles. The van der Waals surface area contributed by atoms with Gasteiger partial charge in [0.05, 0.1) is 22.0 Å². The average molecular weight is 371 g/mol. The molecule has 0 bridgehead atoms. The van der Waals surface area contributed by atoms with Gasteiger partial charge in [0.1, 0.15) is 5.01 Å². The molecular weight excluding hydrogens is 355 g/mol. The highest BCUT2D eigenvalue weighted by Gasteiger charge is 2.42. The van der Waals surface area contributed by atoms with Crippen LogP contribution in [0.1, 0.15) is 36.3 Å². The zero-order valence-corrected chi connectivity index (χ0v) is 14.6. The highest BCUT2D eigenvalue weighted by molar-refractivity contribution is 7.15. The maximum atomic E-state index is 12.9. The number of nitrogens with two attached hydrogens (primary N) is 1. The third kappa shape index (κ3) is 3.29. The van der Waals surface area contributed by atoms with Crippen molar-refractivity contribution in [2.24, 2.45) is 0 Å². The fraction of sp³-hybridized carbons (Fsp3) is 0.400. The van der Waals surface area contributed by atoms with Gasteiger partial charge in [-0.3, -0.25) is 4.79 Å². The SMILES string of the molecule is Nc1nnc(CNC(=O)C2(c3ccc(Cl)c(Cl)c3)CCCC2)s1. The van der Waals surface area contributed by atoms with E-state index in [1.54, 1.807) is 12.1 Å². The number of hydrogen-bond acceptors (Lipinski definition) is 5. The van der Waals surface area contributed by atoms with Crippen molar-refractivity contribution in [1.82, 2.24) is 15.5 Å². The van der Waals surface area contributed by atoms with Crippen LogP contribution < -0.4 is 11.1 Å². The molecule has 1 fully saturated rings. The predicted octanol–water partition coefficient (Wildman–Crippen LogP) is 3.56. The molecule has 5 nitrogen and oxygen atoms in total. The minimum atomic E-state index is -0.551. The number of amides is 1. The molecule has 0 atom stereocenters. The number of benzene rings is 1. The van der Waals surface area contributed by atoms with Crippen molar-refractivity contribution < 1.29 is 4.79 Å². The van der Waals surface area contributed by atoms with Gasteiger partial charge < -0.3 is 11.1 Å². The van der Waals surface area contributed by atoms with Crippen molar-refractivity contribution in [3.8, 4) is 0 Å². The fourth-order valence-corrected chi connectivity index (χ4v) is 3.93. The molecule has 1 aromatic heterocycles. The summed E-state index contributed by atoms with van der Waals surface area (Å²) in [5, 5.41) is 12.7. The number of nitrogens with one attached hydrogen (secondary N) is 1. The van der Waals surface area contributed by atoms with Gasteiger partial charge in [0.25, 0.3) is 0 Å². The summed E-state index contributed by atoms with van der Waals surface area (Å²) < 4.78 is 0. The summed E-state index contributed by atoms with van der Waals surface area (Å²) in [6.45, 7) is 0.330. The van der Waals surface area contributed by atoms with Crippen LogP contribution in [-0.2, 0) is 16.8 Å². The third-order valence-corrected chi connectivity index (χ3v) is 5.74. The third-order valence-electron chi connectivity index (χ3n) is 4.25. The number of rotatable bonds is 4. The molecule has 1 amide bonds. The van der Waals surface area contributed by atoms with Crippen LogP contribution in [0.5, 0.6) is 0 Å². The van der Waals surface area contributed by atoms with Crippen molar-refractivity contribution in [2.45, 2.75) is 37.6 Å². The lowest BCUT2D eigenvalue weighted by atomic mass is 9.78. The predicted molar refractivity (Wildman–Crippen MR) is 92.8 cm³/mol. The number of nitrogens with zero attached hydrogens (tertiary/aromatic N) is 2. The van der Waals surface area contributed by atoms with E-state index in [2.05, 4.69) is 15.5 Å². The summed E-state index contributed by atoms with van der Waals surface area (Å²) in [5.41, 5.74) is 5.92. The molecular formula is C15H16Cl2N4OS. The van der Waals surface area contributed by atoms with Crippen LogP contribution in [0.25, 0.3) is 0 Å². The topological polar surface area (TPSA) is 80.9 Å². The molecule has 23 heavy (non-hydrogen) atoms. The van der Waals surface area contributed by atoms with E-state index in [1.807, 2.05) is 6.07 Å². The summed E-state index contributed by atoms with van der Waals surface area (Å²) in [5.74, 6) is -0.0119. The molecule has 0 radical (unpaired) electrons. The number of halogens is 2. The first-order chi connectivity index (χ1) is 11.0. The highest BCUT2D eigenvalue weighted by Crippen LogP contribution is 2.43. The summed E-state index contributed by atoms with van der Waals surface area (Å²) in [6, 6.07) is 5.44. The van der Waals surface area contributed by atoms with Gasteiger partial charge in [-0.25, -0.2) is 0 Å². The summed E-state index contributed by atoms with van der Waals surface area (Å²) in [6.07, 6.45) is 3.63. The number of carbonyl (C=O) groups excluding carboxylic acids is 1. The Morgan fingerprint density at radius 3 is 2.61 bits per heavy atom. The molecule has 0 spiro atoms. The highest BCUT2D eigenvalue weighted by atomic mass is 35.5. The molecule has 0 saturated heterocycles. The van der Waals surface area contributed by atoms with Crippen molar-refractivity contribution in [3.63, 3.8) is 0 Å². The smallest absolute Gasteiger partial charge is 0.231 e. The van der Waals surface area contributed by atoms with E-state index in [1.165, 1.54) is 11.3 Å². The van der Waals surface area contributed by atoms with Crippen molar-refractivity contribution in [1.29, 1.82) is 0 Å². The van der Waals surface area contributed by atoms with Gasteiger partial charge in [-0.2, -0.15) is 0 Å². The number of carbonyl (C=O) groups is 1.